The molecule has 2 aromatic rings. The topological polar surface area (TPSA) is 89.9 Å². The van der Waals surface area contributed by atoms with Gasteiger partial charge in [-0.2, -0.15) is 0 Å². The zero-order chi connectivity index (χ0) is 35.9. The van der Waals surface area contributed by atoms with Gasteiger partial charge in [0.2, 0.25) is 0 Å². The fourth-order valence-electron chi connectivity index (χ4n) is 12.5. The first kappa shape index (κ1) is 35.2. The fourth-order valence-corrected chi connectivity index (χ4v) is 12.5. The smallest absolute Gasteiger partial charge is 0.312 e. The molecule has 0 spiro atoms. The maximum absolute atomic E-state index is 14.8. The van der Waals surface area contributed by atoms with Crippen LogP contribution in [0.4, 0.5) is 0 Å². The minimum atomic E-state index is -1.05. The van der Waals surface area contributed by atoms with Gasteiger partial charge in [0.05, 0.1) is 16.9 Å². The van der Waals surface area contributed by atoms with Gasteiger partial charge in [-0.3, -0.25) is 14.4 Å². The zero-order valence-corrected chi connectivity index (χ0v) is 31.1. The Hall–Kier alpha value is -3.25. The van der Waals surface area contributed by atoms with E-state index in [1.807, 2.05) is 73.7 Å². The number of ketones is 1. The van der Waals surface area contributed by atoms with Crippen molar-refractivity contribution < 1.29 is 29.0 Å². The fraction of sp³-hybridized carbons (Fsp3) is 0.614. The Kier molecular flexibility index (Phi) is 8.37. The van der Waals surface area contributed by atoms with Crippen LogP contribution in [0, 0.1) is 50.2 Å². The number of benzene rings is 2. The minimum absolute atomic E-state index is 0.00756. The number of allylic oxidation sites excluding steroid dienone is 2. The molecule has 4 saturated carbocycles. The molecular formula is C44H56O6. The average Bonchev–Trinajstić information content (AvgIpc) is 3.09. The second-order valence-corrected chi connectivity index (χ2v) is 18.2. The first-order valence-corrected chi connectivity index (χ1v) is 18.9. The summed E-state index contributed by atoms with van der Waals surface area (Å²) in [5.41, 5.74) is 0.358. The van der Waals surface area contributed by atoms with E-state index in [4.69, 9.17) is 9.47 Å². The number of esters is 1. The maximum atomic E-state index is 14.8. The van der Waals surface area contributed by atoms with Crippen LogP contribution in [0.15, 0.2) is 72.3 Å². The lowest BCUT2D eigenvalue weighted by Gasteiger charge is -2.70. The van der Waals surface area contributed by atoms with Gasteiger partial charge >= 0.3 is 11.9 Å². The Morgan fingerprint density at radius 3 is 1.98 bits per heavy atom. The third kappa shape index (κ3) is 4.86. The van der Waals surface area contributed by atoms with E-state index < -0.39 is 28.3 Å². The molecule has 0 amide bonds. The molecule has 6 nitrogen and oxygen atoms in total. The highest BCUT2D eigenvalue weighted by Crippen LogP contribution is 2.75. The minimum Gasteiger partial charge on any atom is -0.481 e. The quantitative estimate of drug-likeness (QED) is 0.306. The number of carbonyl (C=O) groups excluding carboxylic acids is 2. The van der Waals surface area contributed by atoms with Crippen LogP contribution in [0.5, 0.6) is 0 Å². The number of hydrogen-bond acceptors (Lipinski definition) is 5. The summed E-state index contributed by atoms with van der Waals surface area (Å²) < 4.78 is 12.3. The predicted molar refractivity (Wildman–Crippen MR) is 193 cm³/mol. The van der Waals surface area contributed by atoms with Gasteiger partial charge in [0, 0.05) is 13.0 Å². The third-order valence-corrected chi connectivity index (χ3v) is 15.8. The molecule has 1 N–H and O–H groups in total. The summed E-state index contributed by atoms with van der Waals surface area (Å²) in [6.45, 7) is 13.3. The second-order valence-electron chi connectivity index (χ2n) is 18.2. The van der Waals surface area contributed by atoms with Crippen LogP contribution in [0.3, 0.4) is 0 Å². The first-order chi connectivity index (χ1) is 23.6. The molecule has 50 heavy (non-hydrogen) atoms. The zero-order valence-electron chi connectivity index (χ0n) is 31.1. The van der Waals surface area contributed by atoms with Crippen molar-refractivity contribution in [2.45, 2.75) is 112 Å². The summed E-state index contributed by atoms with van der Waals surface area (Å²) in [7, 11) is 1.62. The summed E-state index contributed by atoms with van der Waals surface area (Å²) in [5.74, 6) is -1.18. The van der Waals surface area contributed by atoms with Crippen molar-refractivity contribution in [1.29, 1.82) is 0 Å². The number of methoxy groups -OCH3 is 1. The lowest BCUT2D eigenvalue weighted by molar-refractivity contribution is -0.218. The number of ether oxygens (including phenoxy) is 2. The number of rotatable bonds is 6. The molecular weight excluding hydrogens is 624 g/mol. The van der Waals surface area contributed by atoms with Crippen LogP contribution in [-0.2, 0) is 23.9 Å². The van der Waals surface area contributed by atoms with E-state index in [1.54, 1.807) is 7.11 Å². The Morgan fingerprint density at radius 2 is 1.40 bits per heavy atom. The molecule has 0 aliphatic heterocycles. The van der Waals surface area contributed by atoms with Crippen molar-refractivity contribution in [2.24, 2.45) is 50.2 Å². The van der Waals surface area contributed by atoms with E-state index in [9.17, 15) is 19.5 Å². The van der Waals surface area contributed by atoms with Crippen molar-refractivity contribution in [1.82, 2.24) is 0 Å². The maximum Gasteiger partial charge on any atom is 0.312 e. The number of carboxylic acid groups (broad SMARTS) is 1. The van der Waals surface area contributed by atoms with Gasteiger partial charge in [-0.1, -0.05) is 93.9 Å². The summed E-state index contributed by atoms with van der Waals surface area (Å²) in [6.07, 6.45) is 8.44. The van der Waals surface area contributed by atoms with Crippen LogP contribution >= 0.6 is 0 Å². The van der Waals surface area contributed by atoms with Gasteiger partial charge < -0.3 is 14.6 Å². The van der Waals surface area contributed by atoms with Gasteiger partial charge in [0.25, 0.3) is 0 Å². The molecule has 0 radical (unpaired) electrons. The number of aliphatic carboxylic acids is 1. The molecule has 10 atom stereocenters. The van der Waals surface area contributed by atoms with Crippen molar-refractivity contribution in [2.75, 3.05) is 7.11 Å². The summed E-state index contributed by atoms with van der Waals surface area (Å²) >= 11 is 0. The lowest BCUT2D eigenvalue weighted by atomic mass is 9.33. The van der Waals surface area contributed by atoms with Gasteiger partial charge in [0.1, 0.15) is 0 Å². The van der Waals surface area contributed by atoms with Crippen LogP contribution < -0.4 is 0 Å². The number of carboxylic acids is 1. The van der Waals surface area contributed by atoms with E-state index in [-0.39, 0.29) is 51.9 Å². The Labute approximate surface area is 298 Å². The molecule has 0 bridgehead atoms. The largest absolute Gasteiger partial charge is 0.481 e. The monoisotopic (exact) mass is 680 g/mol. The molecule has 5 aliphatic carbocycles. The second kappa shape index (κ2) is 11.9. The molecule has 7 rings (SSSR count). The molecule has 5 aliphatic rings. The van der Waals surface area contributed by atoms with Gasteiger partial charge in [-0.05, 0) is 122 Å². The highest BCUT2D eigenvalue weighted by atomic mass is 16.5. The van der Waals surface area contributed by atoms with E-state index in [0.717, 1.165) is 56.1 Å². The van der Waals surface area contributed by atoms with Crippen LogP contribution in [0.2, 0.25) is 0 Å². The molecule has 0 saturated heterocycles. The Balaban J connectivity index is 1.23. The van der Waals surface area contributed by atoms with Crippen molar-refractivity contribution in [3.63, 3.8) is 0 Å². The summed E-state index contributed by atoms with van der Waals surface area (Å²) in [4.78, 5) is 42.2. The van der Waals surface area contributed by atoms with Crippen molar-refractivity contribution in [3.05, 3.63) is 83.4 Å². The van der Waals surface area contributed by atoms with E-state index in [1.165, 1.54) is 5.57 Å². The molecule has 6 heteroatoms. The average molecular weight is 681 g/mol. The number of carbonyl (C=O) groups is 3. The Bertz CT molecular complexity index is 1660. The number of hydrogen-bond donors (Lipinski definition) is 1. The normalized spacial score (nSPS) is 42.3. The number of fused-ring (bicyclic) bond motifs is 7. The summed E-state index contributed by atoms with van der Waals surface area (Å²) in [6, 6.07) is 19.9. The standard InChI is InChI=1S/C44H56O6/c1-39-22-23-40(2,38(48)50-35(28-14-10-8-11-15-28)29-16-12-9-13-17-29)27-31(39)30-26-32(45)36-41(3)20-19-34(49-7)44(6,37(46)47)33(41)18-21-43(36,5)42(30,4)25-24-39/h8-17,26,31,33-36H,18-25,27H2,1-7H3,(H,46,47)/t31-,33+,34-,36?,39+,40-,41-,42+,43+,44-/m0/s1. The van der Waals surface area contributed by atoms with Crippen LogP contribution in [0.25, 0.3) is 0 Å². The molecule has 0 heterocycles. The molecule has 2 aromatic carbocycles. The SMILES string of the molecule is CO[C@H]1CC[C@]2(C)C3C(=O)C=C4[C@@H]5C[C@@](C)(C(=O)OC(c6ccccc6)c6ccccc6)CC[C@]5(C)CC[C@@]4(C)[C@]3(C)CC[C@H]2[C@]1(C)C(=O)O. The van der Waals surface area contributed by atoms with Gasteiger partial charge in [-0.15, -0.1) is 0 Å². The third-order valence-electron chi connectivity index (χ3n) is 15.8. The molecule has 0 aromatic heterocycles. The lowest BCUT2D eigenvalue weighted by Crippen LogP contribution is -2.68. The Morgan fingerprint density at radius 1 is 0.800 bits per heavy atom. The van der Waals surface area contributed by atoms with Crippen LogP contribution in [0.1, 0.15) is 117 Å². The molecule has 1 unspecified atom stereocenters. The predicted octanol–water partition coefficient (Wildman–Crippen LogP) is 9.38. The molecule has 268 valence electrons. The van der Waals surface area contributed by atoms with Crippen LogP contribution in [-0.4, -0.2) is 36.0 Å². The molecule has 4 fully saturated rings. The van der Waals surface area contributed by atoms with E-state index in [0.29, 0.717) is 12.8 Å². The highest BCUT2D eigenvalue weighted by Gasteiger charge is 2.72. The highest BCUT2D eigenvalue weighted by molar-refractivity contribution is 5.96. The van der Waals surface area contributed by atoms with Gasteiger partial charge in [-0.25, -0.2) is 0 Å². The van der Waals surface area contributed by atoms with Gasteiger partial charge in [0.15, 0.2) is 11.9 Å². The first-order valence-electron chi connectivity index (χ1n) is 18.9. The van der Waals surface area contributed by atoms with Crippen molar-refractivity contribution in [3.8, 4) is 0 Å². The summed E-state index contributed by atoms with van der Waals surface area (Å²) in [5, 5.41) is 10.6. The van der Waals surface area contributed by atoms with Crippen molar-refractivity contribution >= 4 is 17.7 Å². The van der Waals surface area contributed by atoms with E-state index >= 15 is 0 Å². The van der Waals surface area contributed by atoms with E-state index in [2.05, 4.69) is 34.6 Å².